The molecule has 0 saturated carbocycles. The molecule has 0 N–H and O–H groups in total. The summed E-state index contributed by atoms with van der Waals surface area (Å²) in [6.45, 7) is 9.03. The Morgan fingerprint density at radius 1 is 0.694 bits per heavy atom. The van der Waals surface area contributed by atoms with Crippen LogP contribution in [0.4, 0.5) is 0 Å². The van der Waals surface area contributed by atoms with Crippen LogP contribution in [0, 0.1) is 27.7 Å². The van der Waals surface area contributed by atoms with E-state index in [1.807, 2.05) is 0 Å². The minimum Gasteiger partial charge on any atom is -0.232 e. The third-order valence-electron chi connectivity index (χ3n) is 8.39. The topological polar surface area (TPSA) is 8.81 Å². The lowest BCUT2D eigenvalue weighted by Crippen LogP contribution is -2.30. The maximum atomic E-state index is 2.43. The molecule has 0 atom stereocenters. The Hall–Kier alpha value is -3.91. The largest absolute Gasteiger partial charge is 0.294 e. The van der Waals surface area contributed by atoms with E-state index in [2.05, 4.69) is 117 Å². The van der Waals surface area contributed by atoms with Crippen molar-refractivity contribution < 1.29 is 4.57 Å². The van der Waals surface area contributed by atoms with Gasteiger partial charge in [-0.2, -0.15) is 4.57 Å². The molecule has 0 unspecified atom stereocenters. The Morgan fingerprint density at radius 2 is 1.25 bits per heavy atom. The number of fused-ring (bicyclic) bond motifs is 7. The summed E-state index contributed by atoms with van der Waals surface area (Å²) in [5.74, 6) is 1.27. The molecule has 36 heavy (non-hydrogen) atoms. The average molecular weight is 468 g/mol. The molecular formula is C34H31N2+. The second-order valence-corrected chi connectivity index (χ2v) is 10.7. The second kappa shape index (κ2) is 7.54. The van der Waals surface area contributed by atoms with Crippen molar-refractivity contribution in [2.75, 3.05) is 0 Å². The van der Waals surface area contributed by atoms with E-state index in [9.17, 15) is 0 Å². The van der Waals surface area contributed by atoms with Crippen LogP contribution in [0.25, 0.3) is 39.3 Å². The molecular weight excluding hydrogens is 436 g/mol. The molecule has 2 heteroatoms. The van der Waals surface area contributed by atoms with Gasteiger partial charge in [0, 0.05) is 0 Å². The number of hydrogen-bond donors (Lipinski definition) is 0. The highest BCUT2D eigenvalue weighted by Crippen LogP contribution is 2.53. The SMILES string of the molecule is Cc1cc(C)c(-n2cc[n+](C)c2-c2c(C)c3c(c4c2Cc2ccccc2-4)-c2ccccc2C3)c(C)c1. The average Bonchev–Trinajstić information content (AvgIpc) is 3.52. The van der Waals surface area contributed by atoms with Crippen molar-refractivity contribution in [3.63, 3.8) is 0 Å². The maximum Gasteiger partial charge on any atom is 0.294 e. The fraction of sp³-hybridized carbons (Fsp3) is 0.206. The van der Waals surface area contributed by atoms with Gasteiger partial charge in [-0.05, 0) is 102 Å². The molecule has 2 aliphatic rings. The molecule has 0 fully saturated rings. The highest BCUT2D eigenvalue weighted by Gasteiger charge is 2.36. The third-order valence-corrected chi connectivity index (χ3v) is 8.39. The molecule has 2 aliphatic carbocycles. The summed E-state index contributed by atoms with van der Waals surface area (Å²) in [5.41, 5.74) is 19.7. The number of rotatable bonds is 2. The molecule has 0 spiro atoms. The van der Waals surface area contributed by atoms with Gasteiger partial charge in [-0.25, -0.2) is 4.57 Å². The molecule has 0 bridgehead atoms. The highest BCUT2D eigenvalue weighted by molar-refractivity contribution is 6.00. The number of imidazole rings is 1. The molecule has 0 amide bonds. The minimum absolute atomic E-state index is 0.980. The normalized spacial score (nSPS) is 12.9. The van der Waals surface area contributed by atoms with E-state index < -0.39 is 0 Å². The number of aryl methyl sites for hydroxylation is 4. The Morgan fingerprint density at radius 3 is 1.89 bits per heavy atom. The minimum atomic E-state index is 0.980. The van der Waals surface area contributed by atoms with Gasteiger partial charge in [0.2, 0.25) is 0 Å². The lowest BCUT2D eigenvalue weighted by molar-refractivity contribution is -0.659. The first-order valence-electron chi connectivity index (χ1n) is 12.9. The van der Waals surface area contributed by atoms with Crippen molar-refractivity contribution in [3.05, 3.63) is 118 Å². The van der Waals surface area contributed by atoms with Crippen molar-refractivity contribution in [2.24, 2.45) is 7.05 Å². The summed E-state index contributed by atoms with van der Waals surface area (Å²) in [4.78, 5) is 0. The quantitative estimate of drug-likeness (QED) is 0.235. The van der Waals surface area contributed by atoms with Crippen LogP contribution in [0.15, 0.2) is 73.1 Å². The van der Waals surface area contributed by atoms with Crippen LogP contribution in [0.3, 0.4) is 0 Å². The molecule has 0 saturated heterocycles. The standard InChI is InChI=1S/C34H31N2/c1-20-16-21(2)33(22(3)17-20)36-15-14-35(5)34(36)30-23(4)28-18-24-10-6-8-12-26(24)31(28)32-27-13-9-7-11-25(27)19-29(30)32/h6-17H,18-19H2,1-5H3/q+1. The number of hydrogen-bond acceptors (Lipinski definition) is 0. The lowest BCUT2D eigenvalue weighted by atomic mass is 9.86. The van der Waals surface area contributed by atoms with Crippen molar-refractivity contribution in [1.29, 1.82) is 0 Å². The third kappa shape index (κ3) is 2.82. The first-order chi connectivity index (χ1) is 17.4. The highest BCUT2D eigenvalue weighted by atomic mass is 15.1. The summed E-state index contributed by atoms with van der Waals surface area (Å²) in [7, 11) is 2.20. The van der Waals surface area contributed by atoms with Gasteiger partial charge in [0.15, 0.2) is 0 Å². The summed E-state index contributed by atoms with van der Waals surface area (Å²) in [5, 5.41) is 0. The van der Waals surface area contributed by atoms with Crippen molar-refractivity contribution in [2.45, 2.75) is 40.5 Å². The van der Waals surface area contributed by atoms with E-state index in [0.29, 0.717) is 0 Å². The summed E-state index contributed by atoms with van der Waals surface area (Å²) in [6, 6.07) is 22.6. The first kappa shape index (κ1) is 21.4. The van der Waals surface area contributed by atoms with Crippen LogP contribution in [0.5, 0.6) is 0 Å². The Kier molecular flexibility index (Phi) is 4.48. The predicted octanol–water partition coefficient (Wildman–Crippen LogP) is 7.34. The number of nitrogens with zero attached hydrogens (tertiary/aromatic N) is 2. The molecule has 0 radical (unpaired) electrons. The van der Waals surface area contributed by atoms with Crippen molar-refractivity contribution in [1.82, 2.24) is 4.57 Å². The number of aromatic nitrogens is 2. The van der Waals surface area contributed by atoms with Gasteiger partial charge in [-0.1, -0.05) is 66.2 Å². The molecule has 0 aliphatic heterocycles. The smallest absolute Gasteiger partial charge is 0.232 e. The van der Waals surface area contributed by atoms with E-state index in [0.717, 1.165) is 12.8 Å². The van der Waals surface area contributed by atoms with Crippen LogP contribution in [0.1, 0.15) is 44.5 Å². The van der Waals surface area contributed by atoms with Gasteiger partial charge in [-0.15, -0.1) is 0 Å². The predicted molar refractivity (Wildman–Crippen MR) is 148 cm³/mol. The summed E-state index contributed by atoms with van der Waals surface area (Å²) in [6.07, 6.45) is 6.45. The van der Waals surface area contributed by atoms with Gasteiger partial charge in [0.1, 0.15) is 18.1 Å². The molecule has 1 heterocycles. The monoisotopic (exact) mass is 467 g/mol. The van der Waals surface area contributed by atoms with E-state index in [1.54, 1.807) is 0 Å². The maximum absolute atomic E-state index is 2.43. The van der Waals surface area contributed by atoms with Gasteiger partial charge >= 0.3 is 0 Å². The van der Waals surface area contributed by atoms with Gasteiger partial charge < -0.3 is 0 Å². The van der Waals surface area contributed by atoms with Gasteiger partial charge in [0.25, 0.3) is 5.82 Å². The lowest BCUT2D eigenvalue weighted by Gasteiger charge is -2.19. The number of benzene rings is 4. The Labute approximate surface area is 213 Å². The summed E-state index contributed by atoms with van der Waals surface area (Å²) >= 11 is 0. The van der Waals surface area contributed by atoms with E-state index >= 15 is 0 Å². The Balaban J connectivity index is 1.59. The zero-order valence-electron chi connectivity index (χ0n) is 21.7. The summed E-state index contributed by atoms with van der Waals surface area (Å²) < 4.78 is 4.75. The fourth-order valence-electron chi connectivity index (χ4n) is 7.01. The van der Waals surface area contributed by atoms with E-state index in [1.165, 1.54) is 83.8 Å². The van der Waals surface area contributed by atoms with E-state index in [4.69, 9.17) is 0 Å². The van der Waals surface area contributed by atoms with Crippen molar-refractivity contribution in [3.8, 4) is 39.3 Å². The fourth-order valence-corrected chi connectivity index (χ4v) is 7.01. The molecule has 2 nitrogen and oxygen atoms in total. The molecule has 176 valence electrons. The zero-order chi connectivity index (χ0) is 24.7. The van der Waals surface area contributed by atoms with E-state index in [-0.39, 0.29) is 0 Å². The Bertz CT molecular complexity index is 1710. The first-order valence-corrected chi connectivity index (χ1v) is 12.9. The molecule has 4 aromatic carbocycles. The molecule has 5 aromatic rings. The second-order valence-electron chi connectivity index (χ2n) is 10.7. The van der Waals surface area contributed by atoms with Crippen LogP contribution in [-0.2, 0) is 19.9 Å². The van der Waals surface area contributed by atoms with Gasteiger partial charge in [-0.3, -0.25) is 0 Å². The molecule has 1 aromatic heterocycles. The van der Waals surface area contributed by atoms with Crippen LogP contribution >= 0.6 is 0 Å². The van der Waals surface area contributed by atoms with Crippen molar-refractivity contribution >= 4 is 0 Å². The van der Waals surface area contributed by atoms with Gasteiger partial charge in [0.05, 0.1) is 12.6 Å². The zero-order valence-corrected chi connectivity index (χ0v) is 21.7. The van der Waals surface area contributed by atoms with Crippen LogP contribution in [-0.4, -0.2) is 4.57 Å². The van der Waals surface area contributed by atoms with Crippen LogP contribution in [0.2, 0.25) is 0 Å². The van der Waals surface area contributed by atoms with Crippen LogP contribution < -0.4 is 4.57 Å². The molecule has 7 rings (SSSR count).